The molecule has 3 heterocycles. The number of nitrogens with zero attached hydrogens (tertiary/aromatic N) is 5. The summed E-state index contributed by atoms with van der Waals surface area (Å²) in [6, 6.07) is 10.8. The molecule has 1 aliphatic rings. The van der Waals surface area contributed by atoms with Gasteiger partial charge in [-0.05, 0) is 19.1 Å². The second kappa shape index (κ2) is 6.98. The Morgan fingerprint density at radius 1 is 1.28 bits per heavy atom. The van der Waals surface area contributed by atoms with Crippen LogP contribution >= 0.6 is 11.8 Å². The van der Waals surface area contributed by atoms with E-state index in [0.29, 0.717) is 28.0 Å². The van der Waals surface area contributed by atoms with Crippen molar-refractivity contribution < 1.29 is 14.4 Å². The lowest BCUT2D eigenvalue weighted by Gasteiger charge is -2.20. The number of rotatable bonds is 4. The van der Waals surface area contributed by atoms with Crippen molar-refractivity contribution >= 4 is 34.0 Å². The molecule has 0 aliphatic carbocycles. The smallest absolute Gasteiger partial charge is 0.270 e. The lowest BCUT2D eigenvalue weighted by molar-refractivity contribution is -0.385. The molecule has 0 fully saturated rings. The quantitative estimate of drug-likeness (QED) is 0.218. The number of non-ortho nitro benzene ring substituents is 1. The van der Waals surface area contributed by atoms with Crippen molar-refractivity contribution in [1.29, 1.82) is 0 Å². The summed E-state index contributed by atoms with van der Waals surface area (Å²) < 4.78 is 12.6. The van der Waals surface area contributed by atoms with Gasteiger partial charge >= 0.3 is 0 Å². The van der Waals surface area contributed by atoms with Gasteiger partial charge in [-0.15, -0.1) is 5.10 Å². The second-order valence-electron chi connectivity index (χ2n) is 6.56. The van der Waals surface area contributed by atoms with Crippen LogP contribution in [0.4, 0.5) is 5.69 Å². The molecule has 1 aliphatic heterocycles. The number of para-hydroxylation sites is 1. The molecule has 146 valence electrons. The molecule has 5 rings (SSSR count). The zero-order valence-corrected chi connectivity index (χ0v) is 16.2. The van der Waals surface area contributed by atoms with Crippen LogP contribution in [0.15, 0.2) is 41.6 Å². The number of fused-ring (bicyclic) bond motifs is 4. The molecule has 9 nitrogen and oxygen atoms in total. The highest BCUT2D eigenvalue weighted by atomic mass is 32.2. The molecule has 0 amide bonds. The first kappa shape index (κ1) is 17.8. The van der Waals surface area contributed by atoms with E-state index in [1.54, 1.807) is 10.6 Å². The normalized spacial score (nSPS) is 13.4. The summed E-state index contributed by atoms with van der Waals surface area (Å²) in [5.74, 6) is 1.72. The highest BCUT2D eigenvalue weighted by Gasteiger charge is 2.22. The van der Waals surface area contributed by atoms with E-state index < -0.39 is 4.92 Å². The summed E-state index contributed by atoms with van der Waals surface area (Å²) in [7, 11) is 0. The molecule has 2 aromatic carbocycles. The van der Waals surface area contributed by atoms with Gasteiger partial charge < -0.3 is 9.47 Å². The van der Waals surface area contributed by atoms with E-state index in [9.17, 15) is 10.1 Å². The molecular weight excluding hydrogens is 394 g/mol. The molecule has 0 atom stereocenters. The van der Waals surface area contributed by atoms with Gasteiger partial charge in [-0.2, -0.15) is 4.52 Å². The van der Waals surface area contributed by atoms with E-state index in [0.717, 1.165) is 22.1 Å². The molecule has 2 aromatic heterocycles. The third-order valence-corrected chi connectivity index (χ3v) is 5.57. The van der Waals surface area contributed by atoms with Crippen molar-refractivity contribution in [2.45, 2.75) is 24.4 Å². The maximum Gasteiger partial charge on any atom is 0.270 e. The van der Waals surface area contributed by atoms with Crippen LogP contribution in [0.5, 0.6) is 5.75 Å². The minimum Gasteiger partial charge on any atom is -0.467 e. The van der Waals surface area contributed by atoms with E-state index in [1.165, 1.54) is 17.8 Å². The number of thioether (sulfide) groups is 1. The second-order valence-corrected chi connectivity index (χ2v) is 7.50. The van der Waals surface area contributed by atoms with E-state index in [2.05, 4.69) is 10.1 Å². The average Bonchev–Trinajstić information content (AvgIpc) is 3.13. The Hall–Kier alpha value is -3.24. The van der Waals surface area contributed by atoms with Gasteiger partial charge in [0.1, 0.15) is 11.6 Å². The maximum absolute atomic E-state index is 11.3. The van der Waals surface area contributed by atoms with E-state index in [1.807, 2.05) is 31.2 Å². The van der Waals surface area contributed by atoms with E-state index >= 15 is 0 Å². The fraction of sp³-hybridized carbons (Fsp3) is 0.211. The zero-order chi connectivity index (χ0) is 20.0. The molecule has 0 unspecified atom stereocenters. The van der Waals surface area contributed by atoms with Crippen LogP contribution < -0.4 is 4.74 Å². The number of aryl methyl sites for hydroxylation is 1. The highest BCUT2D eigenvalue weighted by molar-refractivity contribution is 7.98. The molecule has 0 spiro atoms. The van der Waals surface area contributed by atoms with Crippen LogP contribution in [0.1, 0.15) is 17.0 Å². The Kier molecular flexibility index (Phi) is 4.29. The summed E-state index contributed by atoms with van der Waals surface area (Å²) >= 11 is 1.43. The van der Waals surface area contributed by atoms with Crippen molar-refractivity contribution in [3.8, 4) is 5.75 Å². The fourth-order valence-corrected chi connectivity index (χ4v) is 4.27. The van der Waals surface area contributed by atoms with Gasteiger partial charge in [-0.1, -0.05) is 23.9 Å². The summed E-state index contributed by atoms with van der Waals surface area (Å²) in [5.41, 5.74) is 2.97. The van der Waals surface area contributed by atoms with Crippen LogP contribution in [0.2, 0.25) is 0 Å². The van der Waals surface area contributed by atoms with Crippen LogP contribution in [0, 0.1) is 17.0 Å². The van der Waals surface area contributed by atoms with Gasteiger partial charge in [-0.25, -0.2) is 9.97 Å². The number of nitro benzene ring substituents is 1. The van der Waals surface area contributed by atoms with Crippen LogP contribution in [-0.4, -0.2) is 31.3 Å². The molecular formula is C19H15N5O4S. The number of nitro groups is 1. The minimum atomic E-state index is -0.406. The van der Waals surface area contributed by atoms with Crippen molar-refractivity contribution in [1.82, 2.24) is 19.6 Å². The van der Waals surface area contributed by atoms with Crippen LogP contribution in [0.3, 0.4) is 0 Å². The molecule has 0 N–H and O–H groups in total. The fourth-order valence-electron chi connectivity index (χ4n) is 3.36. The molecule has 0 saturated heterocycles. The first-order valence-corrected chi connectivity index (χ1v) is 9.84. The third kappa shape index (κ3) is 3.15. The molecule has 29 heavy (non-hydrogen) atoms. The Balaban J connectivity index is 1.57. The number of hydrogen-bond donors (Lipinski definition) is 0. The topological polar surface area (TPSA) is 105 Å². The molecule has 10 heteroatoms. The summed E-state index contributed by atoms with van der Waals surface area (Å²) in [6.45, 7) is 2.25. The van der Waals surface area contributed by atoms with Gasteiger partial charge in [0.25, 0.3) is 5.69 Å². The number of hydrogen-bond acceptors (Lipinski definition) is 8. The standard InChI is InChI=1S/C19H15N5O4S/c1-11-20-18-15-4-2-3-5-16(15)21-19(23(18)22-11)29-9-13-7-14(24(25)26)6-12-8-27-10-28-17(12)13/h2-7H,8-10H2,1H3. The Morgan fingerprint density at radius 2 is 2.14 bits per heavy atom. The van der Waals surface area contributed by atoms with Gasteiger partial charge in [-0.3, -0.25) is 10.1 Å². The number of benzene rings is 2. The lowest BCUT2D eigenvalue weighted by Crippen LogP contribution is -2.13. The summed E-state index contributed by atoms with van der Waals surface area (Å²) in [6.07, 6.45) is 0. The van der Waals surface area contributed by atoms with Crippen molar-refractivity contribution in [3.05, 3.63) is 63.5 Å². The van der Waals surface area contributed by atoms with E-state index in [-0.39, 0.29) is 19.1 Å². The predicted octanol–water partition coefficient (Wildman–Crippen LogP) is 3.65. The minimum absolute atomic E-state index is 0.0154. The van der Waals surface area contributed by atoms with Crippen LogP contribution in [-0.2, 0) is 17.1 Å². The van der Waals surface area contributed by atoms with Crippen molar-refractivity contribution in [3.63, 3.8) is 0 Å². The van der Waals surface area contributed by atoms with E-state index in [4.69, 9.17) is 14.5 Å². The first-order valence-electron chi connectivity index (χ1n) is 8.86. The third-order valence-electron chi connectivity index (χ3n) is 4.59. The Morgan fingerprint density at radius 3 is 3.00 bits per heavy atom. The summed E-state index contributed by atoms with van der Waals surface area (Å²) in [5, 5.41) is 17.4. The zero-order valence-electron chi connectivity index (χ0n) is 15.4. The van der Waals surface area contributed by atoms with Crippen LogP contribution in [0.25, 0.3) is 16.6 Å². The molecule has 0 radical (unpaired) electrons. The number of ether oxygens (including phenoxy) is 2. The Bertz CT molecular complexity index is 1270. The number of aromatic nitrogens is 4. The Labute approximate surface area is 168 Å². The summed E-state index contributed by atoms with van der Waals surface area (Å²) in [4.78, 5) is 20.2. The van der Waals surface area contributed by atoms with Crippen molar-refractivity contribution in [2.75, 3.05) is 6.79 Å². The van der Waals surface area contributed by atoms with Gasteiger partial charge in [0.15, 0.2) is 17.6 Å². The first-order chi connectivity index (χ1) is 14.1. The SMILES string of the molecule is Cc1nc2c3ccccc3nc(SCc3cc([N+](=O)[O-])cc4c3OCOC4)n2n1. The average molecular weight is 409 g/mol. The maximum atomic E-state index is 11.3. The highest BCUT2D eigenvalue weighted by Crippen LogP contribution is 2.36. The van der Waals surface area contributed by atoms with Crippen molar-refractivity contribution in [2.24, 2.45) is 0 Å². The molecule has 0 bridgehead atoms. The lowest BCUT2D eigenvalue weighted by atomic mass is 10.1. The van der Waals surface area contributed by atoms with Gasteiger partial charge in [0, 0.05) is 34.4 Å². The molecule has 0 saturated carbocycles. The van der Waals surface area contributed by atoms with Gasteiger partial charge in [0.05, 0.1) is 17.0 Å². The predicted molar refractivity (Wildman–Crippen MR) is 106 cm³/mol. The largest absolute Gasteiger partial charge is 0.467 e. The van der Waals surface area contributed by atoms with Gasteiger partial charge in [0.2, 0.25) is 0 Å². The monoisotopic (exact) mass is 409 g/mol. The molecule has 4 aromatic rings.